The molecule has 1 atom stereocenters. The number of amides is 1. The molecule has 0 fully saturated rings. The second-order valence-corrected chi connectivity index (χ2v) is 7.47. The smallest absolute Gasteiger partial charge is 0.408 e. The van der Waals surface area contributed by atoms with Crippen LogP contribution in [0.25, 0.3) is 11.1 Å². The molecule has 1 N–H and O–H groups in total. The van der Waals surface area contributed by atoms with Crippen LogP contribution in [0.5, 0.6) is 0 Å². The summed E-state index contributed by atoms with van der Waals surface area (Å²) in [5.74, 6) is -0.367. The molecule has 0 aliphatic heterocycles. The van der Waals surface area contributed by atoms with Crippen LogP contribution in [0, 0.1) is 0 Å². The van der Waals surface area contributed by atoms with Gasteiger partial charge in [0.1, 0.15) is 0 Å². The third-order valence-corrected chi connectivity index (χ3v) is 5.73. The largest absolute Gasteiger partial charge is 0.419 e. The molecule has 0 aliphatic carbocycles. The van der Waals surface area contributed by atoms with Gasteiger partial charge in [0.15, 0.2) is 5.58 Å². The number of benzene rings is 1. The molecule has 0 radical (unpaired) electrons. The quantitative estimate of drug-likeness (QED) is 0.563. The van der Waals surface area contributed by atoms with E-state index in [4.69, 9.17) is 4.42 Å². The van der Waals surface area contributed by atoms with Gasteiger partial charge in [-0.25, -0.2) is 4.79 Å². The summed E-state index contributed by atoms with van der Waals surface area (Å²) in [4.78, 5) is 26.7. The number of aromatic nitrogens is 1. The second-order valence-electron chi connectivity index (χ2n) is 6.69. The molecular weight excluding hydrogens is 374 g/mol. The molecule has 1 aromatic carbocycles. The van der Waals surface area contributed by atoms with Crippen molar-refractivity contribution in [3.05, 3.63) is 57.2 Å². The van der Waals surface area contributed by atoms with Crippen LogP contribution >= 0.6 is 11.3 Å². The summed E-state index contributed by atoms with van der Waals surface area (Å²) in [5.41, 5.74) is 2.59. The standard InChI is InChI=1S/C21H27N3O3S/c1-3-23(4-2)18(16-11-13-28-15-16)14-22-20(25)10-7-12-24-17-8-5-6-9-19(17)27-21(24)26/h5-6,8-9,11,13,15,18H,3-4,7,10,12,14H2,1-2H3,(H,22,25)/t18-/m1/s1. The molecule has 3 aromatic rings. The highest BCUT2D eigenvalue weighted by atomic mass is 32.1. The van der Waals surface area contributed by atoms with Crippen LogP contribution in [0.1, 0.15) is 38.3 Å². The maximum absolute atomic E-state index is 12.4. The number of carbonyl (C=O) groups is 1. The summed E-state index contributed by atoms with van der Waals surface area (Å²) in [7, 11) is 0. The number of nitrogens with zero attached hydrogens (tertiary/aromatic N) is 2. The van der Waals surface area contributed by atoms with Crippen molar-refractivity contribution < 1.29 is 9.21 Å². The van der Waals surface area contributed by atoms with Gasteiger partial charge in [-0.3, -0.25) is 14.3 Å². The Bertz CT molecular complexity index is 941. The number of thiophene rings is 1. The first-order valence-electron chi connectivity index (χ1n) is 9.75. The molecular formula is C21H27N3O3S. The van der Waals surface area contributed by atoms with Gasteiger partial charge >= 0.3 is 5.76 Å². The minimum atomic E-state index is -0.374. The fourth-order valence-corrected chi connectivity index (χ4v) is 4.22. The molecule has 6 nitrogen and oxygen atoms in total. The Morgan fingerprint density at radius 1 is 1.25 bits per heavy atom. The zero-order chi connectivity index (χ0) is 19.9. The number of likely N-dealkylation sites (N-methyl/N-ethyl adjacent to an activating group) is 1. The van der Waals surface area contributed by atoms with Gasteiger partial charge in [0, 0.05) is 19.5 Å². The lowest BCUT2D eigenvalue weighted by molar-refractivity contribution is -0.121. The summed E-state index contributed by atoms with van der Waals surface area (Å²) in [5, 5.41) is 7.28. The van der Waals surface area contributed by atoms with E-state index in [9.17, 15) is 9.59 Å². The minimum absolute atomic E-state index is 0.00763. The average molecular weight is 402 g/mol. The predicted octanol–water partition coefficient (Wildman–Crippen LogP) is 3.64. The lowest BCUT2D eigenvalue weighted by Crippen LogP contribution is -2.37. The zero-order valence-corrected chi connectivity index (χ0v) is 17.2. The van der Waals surface area contributed by atoms with Gasteiger partial charge in [0.2, 0.25) is 5.91 Å². The highest BCUT2D eigenvalue weighted by Crippen LogP contribution is 2.22. The highest BCUT2D eigenvalue weighted by molar-refractivity contribution is 7.07. The molecule has 0 bridgehead atoms. The molecule has 1 amide bonds. The van der Waals surface area contributed by atoms with Gasteiger partial charge in [0.25, 0.3) is 0 Å². The minimum Gasteiger partial charge on any atom is -0.408 e. The number of aryl methyl sites for hydroxylation is 1. The fraction of sp³-hybridized carbons (Fsp3) is 0.429. The average Bonchev–Trinajstić information content (AvgIpc) is 3.33. The monoisotopic (exact) mass is 401 g/mol. The van der Waals surface area contributed by atoms with Crippen molar-refractivity contribution >= 4 is 28.3 Å². The molecule has 0 spiro atoms. The molecule has 2 aromatic heterocycles. The first-order chi connectivity index (χ1) is 13.6. The third-order valence-electron chi connectivity index (χ3n) is 5.03. The first-order valence-corrected chi connectivity index (χ1v) is 10.7. The Morgan fingerprint density at radius 3 is 2.75 bits per heavy atom. The summed E-state index contributed by atoms with van der Waals surface area (Å²) >= 11 is 1.67. The normalized spacial score (nSPS) is 12.5. The number of oxazole rings is 1. The van der Waals surface area contributed by atoms with Crippen molar-refractivity contribution in [2.75, 3.05) is 19.6 Å². The molecule has 0 unspecified atom stereocenters. The summed E-state index contributed by atoms with van der Waals surface area (Å²) in [6, 6.07) is 9.65. The Labute approximate surface area is 168 Å². The van der Waals surface area contributed by atoms with E-state index >= 15 is 0 Å². The Balaban J connectivity index is 1.53. The number of carbonyl (C=O) groups excluding carboxylic acids is 1. The van der Waals surface area contributed by atoms with Crippen molar-refractivity contribution in [3.63, 3.8) is 0 Å². The molecule has 2 heterocycles. The number of nitrogens with one attached hydrogen (secondary N) is 1. The topological polar surface area (TPSA) is 67.5 Å². The SMILES string of the molecule is CCN(CC)[C@H](CNC(=O)CCCn1c(=O)oc2ccccc21)c1ccsc1. The molecule has 150 valence electrons. The van der Waals surface area contributed by atoms with Crippen LogP contribution in [0.3, 0.4) is 0 Å². The zero-order valence-electron chi connectivity index (χ0n) is 16.4. The van der Waals surface area contributed by atoms with E-state index in [0.717, 1.165) is 18.6 Å². The van der Waals surface area contributed by atoms with Gasteiger partial charge in [0.05, 0.1) is 11.6 Å². The molecule has 0 saturated carbocycles. The third kappa shape index (κ3) is 4.72. The van der Waals surface area contributed by atoms with Crippen molar-refractivity contribution in [3.8, 4) is 0 Å². The molecule has 3 rings (SSSR count). The van der Waals surface area contributed by atoms with Crippen LogP contribution < -0.4 is 11.1 Å². The van der Waals surface area contributed by atoms with Crippen LogP contribution in [-0.4, -0.2) is 35.0 Å². The van der Waals surface area contributed by atoms with Gasteiger partial charge in [-0.05, 0) is 54.0 Å². The molecule has 7 heteroatoms. The van der Waals surface area contributed by atoms with E-state index in [-0.39, 0.29) is 17.7 Å². The summed E-state index contributed by atoms with van der Waals surface area (Å²) in [6.07, 6.45) is 0.963. The van der Waals surface area contributed by atoms with E-state index < -0.39 is 0 Å². The summed E-state index contributed by atoms with van der Waals surface area (Å²) < 4.78 is 6.82. The van der Waals surface area contributed by atoms with E-state index in [1.54, 1.807) is 22.0 Å². The number of para-hydroxylation sites is 2. The maximum Gasteiger partial charge on any atom is 0.419 e. The molecule has 0 saturated heterocycles. The lowest BCUT2D eigenvalue weighted by atomic mass is 10.1. The van der Waals surface area contributed by atoms with Gasteiger partial charge in [-0.1, -0.05) is 26.0 Å². The van der Waals surface area contributed by atoms with Crippen LogP contribution in [0.4, 0.5) is 0 Å². The molecule has 0 aliphatic rings. The van der Waals surface area contributed by atoms with Gasteiger partial charge in [-0.15, -0.1) is 0 Å². The van der Waals surface area contributed by atoms with Gasteiger partial charge < -0.3 is 9.73 Å². The Kier molecular flexibility index (Phi) is 7.06. The van der Waals surface area contributed by atoms with E-state index in [0.29, 0.717) is 31.5 Å². The predicted molar refractivity (Wildman–Crippen MR) is 113 cm³/mol. The van der Waals surface area contributed by atoms with E-state index in [1.807, 2.05) is 18.2 Å². The fourth-order valence-electron chi connectivity index (χ4n) is 3.51. The van der Waals surface area contributed by atoms with Crippen molar-refractivity contribution in [1.82, 2.24) is 14.8 Å². The molecule has 28 heavy (non-hydrogen) atoms. The number of fused-ring (bicyclic) bond motifs is 1. The highest BCUT2D eigenvalue weighted by Gasteiger charge is 2.19. The lowest BCUT2D eigenvalue weighted by Gasteiger charge is -2.29. The number of hydrogen-bond donors (Lipinski definition) is 1. The summed E-state index contributed by atoms with van der Waals surface area (Å²) in [6.45, 7) is 7.20. The van der Waals surface area contributed by atoms with Crippen molar-refractivity contribution in [1.29, 1.82) is 0 Å². The number of hydrogen-bond acceptors (Lipinski definition) is 5. The van der Waals surface area contributed by atoms with Crippen LogP contribution in [-0.2, 0) is 11.3 Å². The van der Waals surface area contributed by atoms with Crippen molar-refractivity contribution in [2.24, 2.45) is 0 Å². The van der Waals surface area contributed by atoms with E-state index in [1.165, 1.54) is 5.56 Å². The Hall–Kier alpha value is -2.38. The van der Waals surface area contributed by atoms with Crippen LogP contribution in [0.2, 0.25) is 0 Å². The number of rotatable bonds is 10. The first kappa shape index (κ1) is 20.4. The van der Waals surface area contributed by atoms with E-state index in [2.05, 4.69) is 40.9 Å². The van der Waals surface area contributed by atoms with Crippen LogP contribution in [0.15, 0.2) is 50.3 Å². The van der Waals surface area contributed by atoms with Gasteiger partial charge in [-0.2, -0.15) is 11.3 Å². The second kappa shape index (κ2) is 9.71. The Morgan fingerprint density at radius 2 is 2.04 bits per heavy atom. The maximum atomic E-state index is 12.4. The van der Waals surface area contributed by atoms with Crippen molar-refractivity contribution in [2.45, 2.75) is 39.3 Å².